The van der Waals surface area contributed by atoms with E-state index in [2.05, 4.69) is 30.1 Å². The molecule has 1 aromatic rings. The average Bonchev–Trinajstić information content (AvgIpc) is 2.74. The van der Waals surface area contributed by atoms with Gasteiger partial charge in [-0.1, -0.05) is 31.2 Å². The van der Waals surface area contributed by atoms with Crippen molar-refractivity contribution in [2.75, 3.05) is 26.0 Å². The monoisotopic (exact) mass is 385 g/mol. The summed E-state index contributed by atoms with van der Waals surface area (Å²) in [6.07, 6.45) is 1.93. The second-order valence-electron chi connectivity index (χ2n) is 7.53. The Labute approximate surface area is 155 Å². The van der Waals surface area contributed by atoms with E-state index in [1.165, 1.54) is 4.68 Å². The van der Waals surface area contributed by atoms with Crippen molar-refractivity contribution in [3.05, 3.63) is 33.3 Å². The van der Waals surface area contributed by atoms with Crippen LogP contribution in [0.15, 0.2) is 22.6 Å². The minimum atomic E-state index is -1.16. The molecule has 0 aliphatic carbocycles. The van der Waals surface area contributed by atoms with Gasteiger partial charge in [0.2, 0.25) is 0 Å². The molecule has 0 spiro atoms. The Bertz CT molecular complexity index is 701. The predicted molar refractivity (Wildman–Crippen MR) is 104 cm³/mol. The van der Waals surface area contributed by atoms with Crippen LogP contribution in [0, 0.1) is 0 Å². The van der Waals surface area contributed by atoms with Gasteiger partial charge in [-0.15, -0.1) is 0 Å². The zero-order valence-corrected chi connectivity index (χ0v) is 17.6. The molecule has 1 unspecified atom stereocenters. The minimum Gasteiger partial charge on any atom is -0.360 e. The lowest BCUT2D eigenvalue weighted by Crippen LogP contribution is -2.41. The van der Waals surface area contributed by atoms with E-state index in [1.54, 1.807) is 6.07 Å². The summed E-state index contributed by atoms with van der Waals surface area (Å²) in [5.41, 5.74) is 1.27. The molecule has 2 rings (SSSR count). The molecule has 0 radical (unpaired) electrons. The van der Waals surface area contributed by atoms with Crippen LogP contribution in [-0.2, 0) is 11.5 Å². The number of halogens is 1. The van der Waals surface area contributed by atoms with Crippen LogP contribution >= 0.6 is 11.6 Å². The lowest BCUT2D eigenvalue weighted by Gasteiger charge is -2.28. The fourth-order valence-corrected chi connectivity index (χ4v) is 3.36. The Morgan fingerprint density at radius 2 is 2.04 bits per heavy atom. The van der Waals surface area contributed by atoms with Gasteiger partial charge in [-0.2, -0.15) is 10.1 Å². The summed E-state index contributed by atoms with van der Waals surface area (Å²) in [6.45, 7) is 9.60. The van der Waals surface area contributed by atoms with Gasteiger partial charge < -0.3 is 15.1 Å². The van der Waals surface area contributed by atoms with Crippen molar-refractivity contribution in [3.63, 3.8) is 0 Å². The Kier molecular flexibility index (Phi) is 6.31. The Hall–Kier alpha value is -1.35. The van der Waals surface area contributed by atoms with Crippen LogP contribution in [0.25, 0.3) is 0 Å². The maximum Gasteiger partial charge on any atom is 0.292 e. The molecular formula is C16H28ClN5O2Si. The highest BCUT2D eigenvalue weighted by molar-refractivity contribution is 6.76. The van der Waals surface area contributed by atoms with Crippen molar-refractivity contribution in [1.29, 1.82) is 0 Å². The number of likely N-dealkylation sites (N-methyl/N-ethyl adjacent to an activating group) is 1. The van der Waals surface area contributed by atoms with Gasteiger partial charge in [-0.3, -0.25) is 4.79 Å². The smallest absolute Gasteiger partial charge is 0.292 e. The fraction of sp³-hybridized carbons (Fsp3) is 0.625. The molecular weight excluding hydrogens is 358 g/mol. The number of hydrazine groups is 1. The normalized spacial score (nSPS) is 18.6. The third-order valence-electron chi connectivity index (χ3n) is 4.24. The number of allylic oxidation sites excluding steroid dienone is 1. The first-order valence-corrected chi connectivity index (χ1v) is 12.4. The SMILES string of the molecule is CC1=CC(Nc2cc(Cl)nn(COCC[Si](C)(C)C)c2=O)N(C)N1C. The van der Waals surface area contributed by atoms with E-state index in [4.69, 9.17) is 16.3 Å². The molecule has 0 amide bonds. The van der Waals surface area contributed by atoms with Gasteiger partial charge in [0.25, 0.3) is 5.56 Å². The van der Waals surface area contributed by atoms with Crippen LogP contribution in [0.5, 0.6) is 0 Å². The summed E-state index contributed by atoms with van der Waals surface area (Å²) in [5, 5.41) is 11.5. The highest BCUT2D eigenvalue weighted by Gasteiger charge is 2.25. The van der Waals surface area contributed by atoms with Crippen LogP contribution in [0.1, 0.15) is 6.92 Å². The molecule has 1 atom stereocenters. The van der Waals surface area contributed by atoms with Gasteiger partial charge in [0, 0.05) is 40.5 Å². The highest BCUT2D eigenvalue weighted by atomic mass is 35.5. The number of rotatable bonds is 7. The molecule has 7 nitrogen and oxygen atoms in total. The number of aromatic nitrogens is 2. The van der Waals surface area contributed by atoms with Crippen molar-refractivity contribution >= 4 is 25.4 Å². The highest BCUT2D eigenvalue weighted by Crippen LogP contribution is 2.20. The standard InChI is InChI=1S/C16H28ClN5O2Si/c1-12-9-15(21(3)20(12)2)18-13-10-14(17)19-22(16(13)23)11-24-7-8-25(4,5)6/h9-10,15,18H,7-8,11H2,1-6H3. The van der Waals surface area contributed by atoms with E-state index in [-0.39, 0.29) is 23.6 Å². The molecule has 0 saturated carbocycles. The first-order chi connectivity index (χ1) is 11.6. The van der Waals surface area contributed by atoms with Crippen LogP contribution in [0.3, 0.4) is 0 Å². The molecule has 0 aromatic carbocycles. The summed E-state index contributed by atoms with van der Waals surface area (Å²) in [7, 11) is 2.76. The van der Waals surface area contributed by atoms with Crippen LogP contribution in [0.2, 0.25) is 30.8 Å². The van der Waals surface area contributed by atoms with E-state index in [1.807, 2.05) is 37.1 Å². The van der Waals surface area contributed by atoms with E-state index >= 15 is 0 Å². The lowest BCUT2D eigenvalue weighted by atomic mass is 10.3. The number of nitrogens with one attached hydrogen (secondary N) is 1. The molecule has 1 aliphatic heterocycles. The first kappa shape index (κ1) is 20.0. The van der Waals surface area contributed by atoms with Gasteiger partial charge >= 0.3 is 0 Å². The lowest BCUT2D eigenvalue weighted by molar-refractivity contribution is 0.0711. The van der Waals surface area contributed by atoms with Crippen molar-refractivity contribution in [1.82, 2.24) is 19.8 Å². The quantitative estimate of drug-likeness (QED) is 0.575. The molecule has 0 bridgehead atoms. The topological polar surface area (TPSA) is 62.6 Å². The summed E-state index contributed by atoms with van der Waals surface area (Å²) >= 11 is 6.09. The fourth-order valence-electron chi connectivity index (χ4n) is 2.40. The Morgan fingerprint density at radius 3 is 2.60 bits per heavy atom. The second kappa shape index (κ2) is 7.90. The van der Waals surface area contributed by atoms with Gasteiger partial charge in [0.05, 0.1) is 0 Å². The molecule has 9 heteroatoms. The maximum absolute atomic E-state index is 12.6. The number of hydrogen-bond donors (Lipinski definition) is 1. The van der Waals surface area contributed by atoms with E-state index < -0.39 is 8.07 Å². The molecule has 25 heavy (non-hydrogen) atoms. The molecule has 1 N–H and O–H groups in total. The number of ether oxygens (including phenoxy) is 1. The third-order valence-corrected chi connectivity index (χ3v) is 6.13. The second-order valence-corrected chi connectivity index (χ2v) is 13.5. The summed E-state index contributed by atoms with van der Waals surface area (Å²) in [5.74, 6) is 0. The molecule has 140 valence electrons. The minimum absolute atomic E-state index is 0.105. The molecule has 0 fully saturated rings. The van der Waals surface area contributed by atoms with Gasteiger partial charge in [0.1, 0.15) is 18.6 Å². The van der Waals surface area contributed by atoms with Gasteiger partial charge in [-0.25, -0.2) is 4.68 Å². The Balaban J connectivity index is 2.08. The molecule has 1 aromatic heterocycles. The number of anilines is 1. The maximum atomic E-state index is 12.6. The van der Waals surface area contributed by atoms with E-state index in [9.17, 15) is 4.79 Å². The molecule has 1 aliphatic rings. The van der Waals surface area contributed by atoms with Crippen LogP contribution < -0.4 is 10.9 Å². The number of hydrogen-bond acceptors (Lipinski definition) is 6. The van der Waals surface area contributed by atoms with Crippen LogP contribution in [-0.4, -0.2) is 54.7 Å². The summed E-state index contributed by atoms with van der Waals surface area (Å²) < 4.78 is 6.90. The summed E-state index contributed by atoms with van der Waals surface area (Å²) in [4.78, 5) is 12.6. The summed E-state index contributed by atoms with van der Waals surface area (Å²) in [6, 6.07) is 2.59. The van der Waals surface area contributed by atoms with Crippen molar-refractivity contribution in [2.24, 2.45) is 0 Å². The average molecular weight is 386 g/mol. The van der Waals surface area contributed by atoms with Crippen LogP contribution in [0.4, 0.5) is 5.69 Å². The van der Waals surface area contributed by atoms with E-state index in [0.29, 0.717) is 12.3 Å². The van der Waals surface area contributed by atoms with E-state index in [0.717, 1.165) is 11.7 Å². The molecule has 2 heterocycles. The van der Waals surface area contributed by atoms with Gasteiger partial charge in [0.15, 0.2) is 5.15 Å². The third kappa shape index (κ3) is 5.31. The first-order valence-electron chi connectivity index (χ1n) is 8.35. The zero-order valence-electron chi connectivity index (χ0n) is 15.8. The van der Waals surface area contributed by atoms with Crippen molar-refractivity contribution in [2.45, 2.75) is 45.5 Å². The largest absolute Gasteiger partial charge is 0.360 e. The number of nitrogens with zero attached hydrogens (tertiary/aromatic N) is 4. The Morgan fingerprint density at radius 1 is 1.36 bits per heavy atom. The van der Waals surface area contributed by atoms with Gasteiger partial charge in [-0.05, 0) is 19.0 Å². The van der Waals surface area contributed by atoms with Crippen molar-refractivity contribution in [3.8, 4) is 0 Å². The van der Waals surface area contributed by atoms with Crippen molar-refractivity contribution < 1.29 is 4.74 Å². The predicted octanol–water partition coefficient (Wildman–Crippen LogP) is 2.64. The molecule has 0 saturated heterocycles. The zero-order chi connectivity index (χ0) is 18.8.